The highest BCUT2D eigenvalue weighted by Gasteiger charge is 2.40. The number of nitrogens with zero attached hydrogens (tertiary/aromatic N) is 4. The van der Waals surface area contributed by atoms with Crippen molar-refractivity contribution in [1.82, 2.24) is 19.4 Å². The third-order valence-electron chi connectivity index (χ3n) is 4.63. The fraction of sp³-hybridized carbons (Fsp3) is 0.158. The van der Waals surface area contributed by atoms with E-state index in [0.29, 0.717) is 23.6 Å². The predicted octanol–water partition coefficient (Wildman–Crippen LogP) is 3.40. The molecule has 0 fully saturated rings. The molecule has 3 heterocycles. The van der Waals surface area contributed by atoms with Crippen LogP contribution in [0, 0.1) is 0 Å². The minimum Gasteiger partial charge on any atom is -0.479 e. The number of rotatable bonds is 3. The van der Waals surface area contributed by atoms with Gasteiger partial charge in [0.15, 0.2) is 6.04 Å². The standard InChI is InChI=1S/C19H14Cl2N4O3/c20-12-5-3-4-11(15(12)21)18(26)24-9-7-13-16(17(24)19(27)28)23-10-25(13)14-6-1-2-8-22-14/h1-6,8,10,17H,7,9H2,(H,27,28). The zero-order chi connectivity index (χ0) is 19.8. The second-order valence-electron chi connectivity index (χ2n) is 6.23. The van der Waals surface area contributed by atoms with E-state index < -0.39 is 17.9 Å². The smallest absolute Gasteiger partial charge is 0.332 e. The lowest BCUT2D eigenvalue weighted by molar-refractivity contribution is -0.143. The average molecular weight is 417 g/mol. The van der Waals surface area contributed by atoms with Crippen LogP contribution in [0.4, 0.5) is 0 Å². The molecule has 4 rings (SSSR count). The normalized spacial score (nSPS) is 15.9. The number of hydrogen-bond donors (Lipinski definition) is 1. The van der Waals surface area contributed by atoms with Crippen LogP contribution >= 0.6 is 23.2 Å². The Morgan fingerprint density at radius 1 is 1.11 bits per heavy atom. The zero-order valence-electron chi connectivity index (χ0n) is 14.4. The number of carbonyl (C=O) groups excluding carboxylic acids is 1. The molecular weight excluding hydrogens is 403 g/mol. The summed E-state index contributed by atoms with van der Waals surface area (Å²) in [6.07, 6.45) is 3.61. The lowest BCUT2D eigenvalue weighted by Crippen LogP contribution is -2.44. The summed E-state index contributed by atoms with van der Waals surface area (Å²) >= 11 is 12.2. The van der Waals surface area contributed by atoms with Gasteiger partial charge in [0.2, 0.25) is 0 Å². The van der Waals surface area contributed by atoms with Gasteiger partial charge in [-0.3, -0.25) is 9.36 Å². The van der Waals surface area contributed by atoms with Crippen molar-refractivity contribution in [3.05, 3.63) is 75.9 Å². The van der Waals surface area contributed by atoms with E-state index in [1.54, 1.807) is 35.0 Å². The molecule has 0 aliphatic carbocycles. The highest BCUT2D eigenvalue weighted by Crippen LogP contribution is 2.34. The molecule has 1 atom stereocenters. The summed E-state index contributed by atoms with van der Waals surface area (Å²) in [7, 11) is 0. The van der Waals surface area contributed by atoms with Gasteiger partial charge in [0.25, 0.3) is 5.91 Å². The lowest BCUT2D eigenvalue weighted by Gasteiger charge is -2.33. The number of hydrogen-bond acceptors (Lipinski definition) is 4. The molecule has 28 heavy (non-hydrogen) atoms. The number of carbonyl (C=O) groups is 2. The molecule has 7 nitrogen and oxygen atoms in total. The van der Waals surface area contributed by atoms with Crippen LogP contribution in [0.2, 0.25) is 10.0 Å². The second kappa shape index (κ2) is 7.26. The molecule has 1 amide bonds. The zero-order valence-corrected chi connectivity index (χ0v) is 15.9. The first-order valence-corrected chi connectivity index (χ1v) is 9.20. The van der Waals surface area contributed by atoms with Crippen LogP contribution in [0.15, 0.2) is 48.9 Å². The van der Waals surface area contributed by atoms with Crippen LogP contribution in [-0.4, -0.2) is 43.0 Å². The summed E-state index contributed by atoms with van der Waals surface area (Å²) in [5, 5.41) is 10.2. The molecule has 1 unspecified atom stereocenters. The van der Waals surface area contributed by atoms with Crippen LogP contribution in [0.1, 0.15) is 27.8 Å². The second-order valence-corrected chi connectivity index (χ2v) is 7.01. The van der Waals surface area contributed by atoms with Crippen LogP contribution in [-0.2, 0) is 11.2 Å². The van der Waals surface area contributed by atoms with Crippen molar-refractivity contribution in [1.29, 1.82) is 0 Å². The van der Waals surface area contributed by atoms with Gasteiger partial charge in [-0.1, -0.05) is 35.3 Å². The predicted molar refractivity (Wildman–Crippen MR) is 103 cm³/mol. The van der Waals surface area contributed by atoms with Gasteiger partial charge < -0.3 is 10.0 Å². The first-order chi connectivity index (χ1) is 13.5. The molecule has 2 aromatic heterocycles. The van der Waals surface area contributed by atoms with E-state index in [2.05, 4.69) is 9.97 Å². The van der Waals surface area contributed by atoms with E-state index in [-0.39, 0.29) is 22.2 Å². The molecule has 1 N–H and O–H groups in total. The maximum Gasteiger partial charge on any atom is 0.332 e. The van der Waals surface area contributed by atoms with Crippen LogP contribution in [0.25, 0.3) is 5.82 Å². The molecule has 0 saturated carbocycles. The number of carboxylic acid groups (broad SMARTS) is 1. The van der Waals surface area contributed by atoms with E-state index in [0.717, 1.165) is 0 Å². The van der Waals surface area contributed by atoms with Crippen molar-refractivity contribution in [3.8, 4) is 5.82 Å². The Labute approximate surface area is 170 Å². The molecule has 1 aliphatic heterocycles. The van der Waals surface area contributed by atoms with Crippen molar-refractivity contribution in [2.45, 2.75) is 12.5 Å². The van der Waals surface area contributed by atoms with Crippen molar-refractivity contribution < 1.29 is 14.7 Å². The average Bonchev–Trinajstić information content (AvgIpc) is 3.13. The SMILES string of the molecule is O=C(O)C1c2ncn(-c3ccccn3)c2CCN1C(=O)c1cccc(Cl)c1Cl. The van der Waals surface area contributed by atoms with Crippen LogP contribution in [0.3, 0.4) is 0 Å². The summed E-state index contributed by atoms with van der Waals surface area (Å²) in [6, 6.07) is 8.90. The highest BCUT2D eigenvalue weighted by molar-refractivity contribution is 6.43. The molecule has 1 aliphatic rings. The summed E-state index contributed by atoms with van der Waals surface area (Å²) in [4.78, 5) is 34.9. The van der Waals surface area contributed by atoms with Gasteiger partial charge in [0, 0.05) is 19.2 Å². The van der Waals surface area contributed by atoms with Gasteiger partial charge in [0.1, 0.15) is 12.1 Å². The first-order valence-electron chi connectivity index (χ1n) is 8.44. The number of pyridine rings is 1. The topological polar surface area (TPSA) is 88.3 Å². The van der Waals surface area contributed by atoms with E-state index in [9.17, 15) is 14.7 Å². The van der Waals surface area contributed by atoms with Crippen molar-refractivity contribution >= 4 is 35.1 Å². The van der Waals surface area contributed by atoms with Gasteiger partial charge in [-0.05, 0) is 24.3 Å². The molecule has 142 valence electrons. The van der Waals surface area contributed by atoms with Crippen LogP contribution in [0.5, 0.6) is 0 Å². The third-order valence-corrected chi connectivity index (χ3v) is 5.45. The third kappa shape index (κ3) is 3.02. The largest absolute Gasteiger partial charge is 0.479 e. The minimum absolute atomic E-state index is 0.100. The minimum atomic E-state index is -1.23. The number of fused-ring (bicyclic) bond motifs is 1. The number of amides is 1. The molecule has 9 heteroatoms. The number of benzene rings is 1. The van der Waals surface area contributed by atoms with Crippen molar-refractivity contribution in [3.63, 3.8) is 0 Å². The number of aromatic nitrogens is 3. The number of halogens is 2. The van der Waals surface area contributed by atoms with E-state index in [4.69, 9.17) is 23.2 Å². The maximum absolute atomic E-state index is 13.0. The number of carboxylic acids is 1. The Bertz CT molecular complexity index is 1070. The Kier molecular flexibility index (Phi) is 4.78. The van der Waals surface area contributed by atoms with Gasteiger partial charge in [0.05, 0.1) is 27.0 Å². The van der Waals surface area contributed by atoms with E-state index in [1.165, 1.54) is 17.3 Å². The molecule has 0 saturated heterocycles. The fourth-order valence-corrected chi connectivity index (χ4v) is 3.74. The molecule has 1 aromatic carbocycles. The van der Waals surface area contributed by atoms with E-state index >= 15 is 0 Å². The summed E-state index contributed by atoms with van der Waals surface area (Å²) in [6.45, 7) is 0.199. The number of aliphatic carboxylic acids is 1. The van der Waals surface area contributed by atoms with Gasteiger partial charge in [-0.2, -0.15) is 0 Å². The highest BCUT2D eigenvalue weighted by atomic mass is 35.5. The van der Waals surface area contributed by atoms with E-state index in [1.807, 2.05) is 6.07 Å². The van der Waals surface area contributed by atoms with Crippen LogP contribution < -0.4 is 0 Å². The first kappa shape index (κ1) is 18.5. The number of imidazole rings is 1. The fourth-order valence-electron chi connectivity index (χ4n) is 3.35. The Morgan fingerprint density at radius 2 is 1.93 bits per heavy atom. The lowest BCUT2D eigenvalue weighted by atomic mass is 10.0. The molecule has 3 aromatic rings. The summed E-state index contributed by atoms with van der Waals surface area (Å²) < 4.78 is 1.75. The van der Waals surface area contributed by atoms with Gasteiger partial charge >= 0.3 is 5.97 Å². The van der Waals surface area contributed by atoms with Crippen molar-refractivity contribution in [2.24, 2.45) is 0 Å². The molecule has 0 bridgehead atoms. The Hall–Kier alpha value is -2.90. The Balaban J connectivity index is 1.75. The summed E-state index contributed by atoms with van der Waals surface area (Å²) in [5.41, 5.74) is 1.19. The monoisotopic (exact) mass is 416 g/mol. The summed E-state index contributed by atoms with van der Waals surface area (Å²) in [5.74, 6) is -1.03. The molecular formula is C19H14Cl2N4O3. The molecule has 0 spiro atoms. The van der Waals surface area contributed by atoms with Gasteiger partial charge in [-0.15, -0.1) is 0 Å². The quantitative estimate of drug-likeness (QED) is 0.706. The molecule has 0 radical (unpaired) electrons. The van der Waals surface area contributed by atoms with Crippen molar-refractivity contribution in [2.75, 3.05) is 6.54 Å². The Morgan fingerprint density at radius 3 is 2.64 bits per heavy atom. The maximum atomic E-state index is 13.0. The van der Waals surface area contributed by atoms with Gasteiger partial charge in [-0.25, -0.2) is 14.8 Å².